The summed E-state index contributed by atoms with van der Waals surface area (Å²) < 4.78 is 86.6. The fourth-order valence-electron chi connectivity index (χ4n) is 3.21. The topological polar surface area (TPSA) is 92.8 Å². The maximum atomic E-state index is 13.5. The number of anilines is 1. The van der Waals surface area contributed by atoms with Gasteiger partial charge in [-0.05, 0) is 49.2 Å². The van der Waals surface area contributed by atoms with Gasteiger partial charge in [-0.15, -0.1) is 0 Å². The van der Waals surface area contributed by atoms with Crippen LogP contribution in [0, 0.1) is 11.6 Å². The van der Waals surface area contributed by atoms with Crippen molar-refractivity contribution in [3.05, 3.63) is 48.0 Å². The molecule has 1 N–H and O–H groups in total. The molecule has 0 amide bonds. The molecule has 0 spiro atoms. The van der Waals surface area contributed by atoms with E-state index in [9.17, 15) is 25.6 Å². The van der Waals surface area contributed by atoms with Gasteiger partial charge in [0.05, 0.1) is 22.6 Å². The fourth-order valence-corrected chi connectivity index (χ4v) is 5.82. The Morgan fingerprint density at radius 2 is 1.50 bits per heavy atom. The van der Waals surface area contributed by atoms with Crippen molar-refractivity contribution < 1.29 is 30.4 Å². The summed E-state index contributed by atoms with van der Waals surface area (Å²) in [5.41, 5.74) is -0.127. The van der Waals surface area contributed by atoms with Gasteiger partial charge in [-0.1, -0.05) is 12.8 Å². The standard InChI is InChI=1S/C19H22F2N2O5S2/c1-28-19-9-7-15(30(26,27)23-10-4-2-3-5-11-23)13-18(19)22-29(24,25)14-6-8-16(20)17(21)12-14/h6-9,12-13,22H,2-5,10-11H2,1H3. The lowest BCUT2D eigenvalue weighted by molar-refractivity contribution is 0.415. The van der Waals surface area contributed by atoms with Crippen LogP contribution in [0.1, 0.15) is 25.7 Å². The van der Waals surface area contributed by atoms with Crippen molar-refractivity contribution in [1.29, 1.82) is 0 Å². The molecule has 0 unspecified atom stereocenters. The first kappa shape index (κ1) is 22.4. The molecule has 0 bridgehead atoms. The predicted molar refractivity (Wildman–Crippen MR) is 107 cm³/mol. The Morgan fingerprint density at radius 3 is 2.10 bits per heavy atom. The Balaban J connectivity index is 1.97. The number of rotatable bonds is 6. The number of nitrogens with zero attached hydrogens (tertiary/aromatic N) is 1. The number of halogens is 2. The summed E-state index contributed by atoms with van der Waals surface area (Å²) in [6.45, 7) is 0.786. The van der Waals surface area contributed by atoms with Gasteiger partial charge in [0, 0.05) is 13.1 Å². The van der Waals surface area contributed by atoms with Crippen molar-refractivity contribution >= 4 is 25.7 Å². The minimum absolute atomic E-state index is 0.0796. The van der Waals surface area contributed by atoms with Crippen LogP contribution < -0.4 is 9.46 Å². The fraction of sp³-hybridized carbons (Fsp3) is 0.368. The van der Waals surface area contributed by atoms with Crippen molar-refractivity contribution in [2.45, 2.75) is 35.5 Å². The van der Waals surface area contributed by atoms with Gasteiger partial charge in [0.25, 0.3) is 10.0 Å². The van der Waals surface area contributed by atoms with Crippen LogP contribution in [0.3, 0.4) is 0 Å². The molecule has 0 radical (unpaired) electrons. The zero-order valence-corrected chi connectivity index (χ0v) is 17.9. The van der Waals surface area contributed by atoms with Crippen molar-refractivity contribution in [1.82, 2.24) is 4.31 Å². The van der Waals surface area contributed by atoms with E-state index in [-0.39, 0.29) is 16.3 Å². The third-order valence-corrected chi connectivity index (χ3v) is 8.08. The molecule has 164 valence electrons. The summed E-state index contributed by atoms with van der Waals surface area (Å²) in [6, 6.07) is 5.99. The lowest BCUT2D eigenvalue weighted by atomic mass is 10.2. The molecule has 0 atom stereocenters. The highest BCUT2D eigenvalue weighted by molar-refractivity contribution is 7.92. The molecule has 7 nitrogen and oxygen atoms in total. The summed E-state index contributed by atoms with van der Waals surface area (Å²) in [5.74, 6) is -2.42. The van der Waals surface area contributed by atoms with Crippen molar-refractivity contribution in [2.75, 3.05) is 24.9 Å². The van der Waals surface area contributed by atoms with Gasteiger partial charge in [0.15, 0.2) is 11.6 Å². The number of nitrogens with one attached hydrogen (secondary N) is 1. The molecule has 0 saturated carbocycles. The molecule has 11 heteroatoms. The Bertz CT molecular complexity index is 1130. The van der Waals surface area contributed by atoms with E-state index < -0.39 is 36.6 Å². The van der Waals surface area contributed by atoms with Gasteiger partial charge in [0.2, 0.25) is 10.0 Å². The first-order valence-electron chi connectivity index (χ1n) is 9.31. The van der Waals surface area contributed by atoms with Crippen molar-refractivity contribution in [3.63, 3.8) is 0 Å². The molecular formula is C19H22F2N2O5S2. The molecule has 2 aromatic rings. The molecule has 0 aliphatic carbocycles. The van der Waals surface area contributed by atoms with Gasteiger partial charge in [0.1, 0.15) is 5.75 Å². The molecule has 2 aromatic carbocycles. The van der Waals surface area contributed by atoms with Gasteiger partial charge < -0.3 is 4.74 Å². The maximum absolute atomic E-state index is 13.5. The van der Waals surface area contributed by atoms with Crippen LogP contribution in [0.4, 0.5) is 14.5 Å². The second kappa shape index (κ2) is 8.86. The SMILES string of the molecule is COc1ccc(S(=O)(=O)N2CCCCCC2)cc1NS(=O)(=O)c1ccc(F)c(F)c1. The first-order chi connectivity index (χ1) is 14.1. The van der Waals surface area contributed by atoms with Crippen LogP contribution in [0.5, 0.6) is 5.75 Å². The molecule has 0 aromatic heterocycles. The lowest BCUT2D eigenvalue weighted by Crippen LogP contribution is -2.32. The number of ether oxygens (including phenoxy) is 1. The van der Waals surface area contributed by atoms with Gasteiger partial charge in [-0.2, -0.15) is 4.31 Å². The number of hydrogen-bond acceptors (Lipinski definition) is 5. The van der Waals surface area contributed by atoms with Crippen LogP contribution in [-0.2, 0) is 20.0 Å². The first-order valence-corrected chi connectivity index (χ1v) is 12.2. The average Bonchev–Trinajstić information content (AvgIpc) is 2.99. The van der Waals surface area contributed by atoms with Crippen LogP contribution >= 0.6 is 0 Å². The van der Waals surface area contributed by atoms with E-state index in [4.69, 9.17) is 4.74 Å². The molecule has 3 rings (SSSR count). The van der Waals surface area contributed by atoms with E-state index in [0.29, 0.717) is 25.2 Å². The Morgan fingerprint density at radius 1 is 0.867 bits per heavy atom. The highest BCUT2D eigenvalue weighted by Gasteiger charge is 2.27. The van der Waals surface area contributed by atoms with Gasteiger partial charge >= 0.3 is 0 Å². The molecule has 1 aliphatic rings. The zero-order chi connectivity index (χ0) is 21.9. The summed E-state index contributed by atoms with van der Waals surface area (Å²) in [5, 5.41) is 0. The minimum Gasteiger partial charge on any atom is -0.495 e. The predicted octanol–water partition coefficient (Wildman–Crippen LogP) is 3.34. The quantitative estimate of drug-likeness (QED) is 0.714. The zero-order valence-electron chi connectivity index (χ0n) is 16.3. The second-order valence-corrected chi connectivity index (χ2v) is 10.5. The third kappa shape index (κ3) is 4.73. The summed E-state index contributed by atoms with van der Waals surface area (Å²) >= 11 is 0. The third-order valence-electron chi connectivity index (χ3n) is 4.82. The Hall–Kier alpha value is -2.24. The monoisotopic (exact) mass is 460 g/mol. The Kier molecular flexibility index (Phi) is 6.63. The summed E-state index contributed by atoms with van der Waals surface area (Å²) in [6.07, 6.45) is 3.41. The maximum Gasteiger partial charge on any atom is 0.262 e. The molecule has 1 saturated heterocycles. The van der Waals surface area contributed by atoms with E-state index >= 15 is 0 Å². The molecular weight excluding hydrogens is 438 g/mol. The number of methoxy groups -OCH3 is 1. The van der Waals surface area contributed by atoms with E-state index in [2.05, 4.69) is 4.72 Å². The minimum atomic E-state index is -4.32. The van der Waals surface area contributed by atoms with Crippen LogP contribution in [-0.4, -0.2) is 41.3 Å². The number of benzene rings is 2. The molecule has 1 heterocycles. The highest BCUT2D eigenvalue weighted by Crippen LogP contribution is 2.31. The van der Waals surface area contributed by atoms with Crippen molar-refractivity contribution in [2.24, 2.45) is 0 Å². The van der Waals surface area contributed by atoms with Crippen LogP contribution in [0.25, 0.3) is 0 Å². The number of hydrogen-bond donors (Lipinski definition) is 1. The molecule has 30 heavy (non-hydrogen) atoms. The van der Waals surface area contributed by atoms with Crippen LogP contribution in [0.2, 0.25) is 0 Å². The van der Waals surface area contributed by atoms with E-state index in [1.54, 1.807) is 0 Å². The van der Waals surface area contributed by atoms with Crippen LogP contribution in [0.15, 0.2) is 46.2 Å². The molecule has 1 aliphatic heterocycles. The van der Waals surface area contributed by atoms with Crippen molar-refractivity contribution in [3.8, 4) is 5.75 Å². The number of sulfonamides is 2. The van der Waals surface area contributed by atoms with E-state index in [1.807, 2.05) is 0 Å². The average molecular weight is 461 g/mol. The summed E-state index contributed by atoms with van der Waals surface area (Å²) in [7, 11) is -6.86. The largest absolute Gasteiger partial charge is 0.495 e. The smallest absolute Gasteiger partial charge is 0.262 e. The lowest BCUT2D eigenvalue weighted by Gasteiger charge is -2.21. The second-order valence-electron chi connectivity index (χ2n) is 6.86. The Labute approximate surface area is 174 Å². The van der Waals surface area contributed by atoms with E-state index in [1.165, 1.54) is 23.5 Å². The van der Waals surface area contributed by atoms with E-state index in [0.717, 1.165) is 37.8 Å². The van der Waals surface area contributed by atoms with Gasteiger partial charge in [-0.25, -0.2) is 25.6 Å². The summed E-state index contributed by atoms with van der Waals surface area (Å²) in [4.78, 5) is -0.600. The normalized spacial score (nSPS) is 16.1. The van der Waals surface area contributed by atoms with Gasteiger partial charge in [-0.3, -0.25) is 4.72 Å². The highest BCUT2D eigenvalue weighted by atomic mass is 32.2. The molecule has 1 fully saturated rings.